The molecule has 6 nitrogen and oxygen atoms in total. The van der Waals surface area contributed by atoms with Gasteiger partial charge in [-0.05, 0) is 42.3 Å². The number of benzene rings is 2. The number of carbonyl (C=O) groups is 1. The van der Waals surface area contributed by atoms with Crippen molar-refractivity contribution >= 4 is 46.0 Å². The molecule has 1 fully saturated rings. The van der Waals surface area contributed by atoms with Gasteiger partial charge in [0, 0.05) is 6.07 Å². The normalized spacial score (nSPS) is 16.6. The SMILES string of the molecule is CCCOc1ccc(/C=C2\SC(=S)N(c3ccc4c(c3)OCO4)C2=O)cc1OC. The zero-order valence-corrected chi connectivity index (χ0v) is 17.6. The van der Waals surface area contributed by atoms with Gasteiger partial charge in [0.05, 0.1) is 24.3 Å². The van der Waals surface area contributed by atoms with Gasteiger partial charge in [0.15, 0.2) is 27.3 Å². The smallest absolute Gasteiger partial charge is 0.270 e. The third-order valence-corrected chi connectivity index (χ3v) is 5.66. The first kappa shape index (κ1) is 19.6. The van der Waals surface area contributed by atoms with Crippen molar-refractivity contribution in [1.82, 2.24) is 0 Å². The maximum Gasteiger partial charge on any atom is 0.270 e. The summed E-state index contributed by atoms with van der Waals surface area (Å²) in [5, 5.41) is 0. The minimum Gasteiger partial charge on any atom is -0.493 e. The Kier molecular flexibility index (Phi) is 5.64. The summed E-state index contributed by atoms with van der Waals surface area (Å²) in [6.45, 7) is 2.84. The van der Waals surface area contributed by atoms with E-state index in [4.69, 9.17) is 31.2 Å². The number of hydrogen-bond acceptors (Lipinski definition) is 7. The van der Waals surface area contributed by atoms with Crippen LogP contribution < -0.4 is 23.8 Å². The molecule has 0 N–H and O–H groups in total. The van der Waals surface area contributed by atoms with Crippen molar-refractivity contribution in [2.75, 3.05) is 25.4 Å². The van der Waals surface area contributed by atoms with E-state index in [1.165, 1.54) is 16.7 Å². The number of nitrogens with zero attached hydrogens (tertiary/aromatic N) is 1. The molecule has 0 aromatic heterocycles. The fraction of sp³-hybridized carbons (Fsp3) is 0.238. The van der Waals surface area contributed by atoms with E-state index < -0.39 is 0 Å². The molecule has 1 amide bonds. The van der Waals surface area contributed by atoms with Gasteiger partial charge in [-0.3, -0.25) is 9.69 Å². The van der Waals surface area contributed by atoms with Crippen molar-refractivity contribution in [3.8, 4) is 23.0 Å². The number of thioether (sulfide) groups is 1. The molecular weight excluding hydrogens is 410 g/mol. The highest BCUT2D eigenvalue weighted by atomic mass is 32.2. The van der Waals surface area contributed by atoms with E-state index in [1.54, 1.807) is 31.4 Å². The second-order valence-electron chi connectivity index (χ2n) is 6.31. The quantitative estimate of drug-likeness (QED) is 0.491. The van der Waals surface area contributed by atoms with Crippen LogP contribution in [0.4, 0.5) is 5.69 Å². The van der Waals surface area contributed by atoms with Gasteiger partial charge in [-0.2, -0.15) is 0 Å². The lowest BCUT2D eigenvalue weighted by molar-refractivity contribution is -0.113. The Hall–Kier alpha value is -2.71. The fourth-order valence-corrected chi connectivity index (χ4v) is 4.27. The number of methoxy groups -OCH3 is 1. The van der Waals surface area contributed by atoms with Crippen LogP contribution in [-0.4, -0.2) is 30.7 Å². The van der Waals surface area contributed by atoms with Crippen LogP contribution in [0.25, 0.3) is 6.08 Å². The zero-order chi connectivity index (χ0) is 20.4. The highest BCUT2D eigenvalue weighted by Gasteiger charge is 2.34. The number of ether oxygens (including phenoxy) is 4. The standard InChI is InChI=1S/C21H19NO5S2/c1-3-8-25-15-6-4-13(9-17(15)24-2)10-19-20(23)22(21(28)29-19)14-5-7-16-18(11-14)27-12-26-16/h4-7,9-11H,3,8,12H2,1-2H3/b19-10-. The Balaban J connectivity index is 1.59. The summed E-state index contributed by atoms with van der Waals surface area (Å²) in [4.78, 5) is 15.0. The average Bonchev–Trinajstić information content (AvgIpc) is 3.30. The summed E-state index contributed by atoms with van der Waals surface area (Å²) < 4.78 is 22.3. The molecule has 4 rings (SSSR count). The Labute approximate surface area is 178 Å². The minimum absolute atomic E-state index is 0.177. The van der Waals surface area contributed by atoms with E-state index >= 15 is 0 Å². The van der Waals surface area contributed by atoms with Gasteiger partial charge in [0.25, 0.3) is 5.91 Å². The highest BCUT2D eigenvalue weighted by Crippen LogP contribution is 2.41. The molecule has 0 unspecified atom stereocenters. The number of carbonyl (C=O) groups excluding carboxylic acids is 1. The summed E-state index contributed by atoms with van der Waals surface area (Å²) >= 11 is 6.71. The van der Waals surface area contributed by atoms with Crippen LogP contribution in [0.5, 0.6) is 23.0 Å². The number of fused-ring (bicyclic) bond motifs is 1. The molecule has 8 heteroatoms. The van der Waals surface area contributed by atoms with E-state index in [-0.39, 0.29) is 12.7 Å². The number of thiocarbonyl (C=S) groups is 1. The lowest BCUT2D eigenvalue weighted by atomic mass is 10.1. The first-order chi connectivity index (χ1) is 14.1. The van der Waals surface area contributed by atoms with Crippen LogP contribution in [0.2, 0.25) is 0 Å². The molecular formula is C21H19NO5S2. The van der Waals surface area contributed by atoms with Crippen LogP contribution in [0.1, 0.15) is 18.9 Å². The first-order valence-electron chi connectivity index (χ1n) is 9.09. The van der Waals surface area contributed by atoms with Crippen molar-refractivity contribution in [3.63, 3.8) is 0 Å². The lowest BCUT2D eigenvalue weighted by Gasteiger charge is -2.14. The van der Waals surface area contributed by atoms with E-state index in [0.717, 1.165) is 12.0 Å². The monoisotopic (exact) mass is 429 g/mol. The van der Waals surface area contributed by atoms with E-state index in [1.807, 2.05) is 25.1 Å². The van der Waals surface area contributed by atoms with E-state index in [2.05, 4.69) is 0 Å². The lowest BCUT2D eigenvalue weighted by Crippen LogP contribution is -2.27. The fourth-order valence-electron chi connectivity index (χ4n) is 2.97. The van der Waals surface area contributed by atoms with Gasteiger partial charge in [-0.15, -0.1) is 0 Å². The van der Waals surface area contributed by atoms with Crippen molar-refractivity contribution in [2.45, 2.75) is 13.3 Å². The molecule has 0 spiro atoms. The topological polar surface area (TPSA) is 57.2 Å². The van der Waals surface area contributed by atoms with Gasteiger partial charge in [-0.25, -0.2) is 0 Å². The molecule has 0 atom stereocenters. The van der Waals surface area contributed by atoms with Crippen molar-refractivity contribution in [3.05, 3.63) is 46.9 Å². The average molecular weight is 430 g/mol. The summed E-state index contributed by atoms with van der Waals surface area (Å²) in [7, 11) is 1.59. The number of rotatable bonds is 6. The van der Waals surface area contributed by atoms with Crippen LogP contribution in [0.15, 0.2) is 41.3 Å². The van der Waals surface area contributed by atoms with Crippen LogP contribution in [0.3, 0.4) is 0 Å². The van der Waals surface area contributed by atoms with E-state index in [9.17, 15) is 4.79 Å². The predicted octanol–water partition coefficient (Wildman–Crippen LogP) is 4.62. The van der Waals surface area contributed by atoms with Gasteiger partial charge >= 0.3 is 0 Å². The number of hydrogen-bond donors (Lipinski definition) is 0. The highest BCUT2D eigenvalue weighted by molar-refractivity contribution is 8.27. The zero-order valence-electron chi connectivity index (χ0n) is 16.0. The maximum atomic E-state index is 13.0. The van der Waals surface area contributed by atoms with Crippen molar-refractivity contribution in [2.24, 2.45) is 0 Å². The van der Waals surface area contributed by atoms with Gasteiger partial charge < -0.3 is 18.9 Å². The first-order valence-corrected chi connectivity index (χ1v) is 10.3. The molecule has 2 aromatic rings. The number of anilines is 1. The summed E-state index contributed by atoms with van der Waals surface area (Å²) in [5.41, 5.74) is 1.48. The Bertz CT molecular complexity index is 1000. The second-order valence-corrected chi connectivity index (χ2v) is 7.99. The Morgan fingerprint density at radius 2 is 2.00 bits per heavy atom. The summed E-state index contributed by atoms with van der Waals surface area (Å²) in [6, 6.07) is 10.9. The molecule has 0 radical (unpaired) electrons. The molecule has 0 aliphatic carbocycles. The molecule has 0 saturated carbocycles. The molecule has 2 aliphatic rings. The number of amides is 1. The van der Waals surface area contributed by atoms with E-state index in [0.29, 0.717) is 44.5 Å². The third kappa shape index (κ3) is 3.90. The Morgan fingerprint density at radius 1 is 1.17 bits per heavy atom. The largest absolute Gasteiger partial charge is 0.493 e. The molecule has 150 valence electrons. The van der Waals surface area contributed by atoms with Gasteiger partial charge in [0.1, 0.15) is 0 Å². The van der Waals surface area contributed by atoms with Gasteiger partial charge in [0.2, 0.25) is 6.79 Å². The van der Waals surface area contributed by atoms with Crippen LogP contribution in [-0.2, 0) is 4.79 Å². The third-order valence-electron chi connectivity index (χ3n) is 4.36. The molecule has 2 aliphatic heterocycles. The Morgan fingerprint density at radius 3 is 2.79 bits per heavy atom. The van der Waals surface area contributed by atoms with Crippen molar-refractivity contribution < 1.29 is 23.7 Å². The minimum atomic E-state index is -0.177. The second kappa shape index (κ2) is 8.34. The molecule has 0 bridgehead atoms. The van der Waals surface area contributed by atoms with Crippen molar-refractivity contribution in [1.29, 1.82) is 0 Å². The maximum absolute atomic E-state index is 13.0. The molecule has 2 heterocycles. The van der Waals surface area contributed by atoms with Crippen LogP contribution >= 0.6 is 24.0 Å². The predicted molar refractivity (Wildman–Crippen MR) is 117 cm³/mol. The molecule has 29 heavy (non-hydrogen) atoms. The molecule has 1 saturated heterocycles. The summed E-state index contributed by atoms with van der Waals surface area (Å²) in [5.74, 6) is 2.39. The van der Waals surface area contributed by atoms with Crippen LogP contribution in [0, 0.1) is 0 Å². The van der Waals surface area contributed by atoms with Gasteiger partial charge in [-0.1, -0.05) is 37.0 Å². The summed E-state index contributed by atoms with van der Waals surface area (Å²) in [6.07, 6.45) is 2.71. The molecule has 2 aromatic carbocycles.